The van der Waals surface area contributed by atoms with Crippen LogP contribution in [0.2, 0.25) is 0 Å². The lowest BCUT2D eigenvalue weighted by molar-refractivity contribution is -0.189. The van der Waals surface area contributed by atoms with Gasteiger partial charge in [-0.05, 0) is 12.1 Å². The molecule has 74 valence electrons. The quantitative estimate of drug-likeness (QED) is 0.697. The molecule has 1 heterocycles. The molecule has 0 atom stereocenters. The second-order valence-corrected chi connectivity index (χ2v) is 2.71. The first-order valence-electron chi connectivity index (χ1n) is 3.67. The summed E-state index contributed by atoms with van der Waals surface area (Å²) in [6.45, 7) is 0. The van der Waals surface area contributed by atoms with Gasteiger partial charge in [0.2, 0.25) is 0 Å². The van der Waals surface area contributed by atoms with E-state index in [1.54, 1.807) is 0 Å². The molecular weight excluding hydrogens is 199 g/mol. The number of hydrogen-bond acceptors (Lipinski definition) is 2. The molecule has 0 spiro atoms. The van der Waals surface area contributed by atoms with Crippen molar-refractivity contribution in [1.82, 2.24) is 0 Å². The van der Waals surface area contributed by atoms with Crippen molar-refractivity contribution < 1.29 is 22.7 Å². The monoisotopic (exact) mass is 203 g/mol. The minimum atomic E-state index is -3.90. The van der Waals surface area contributed by atoms with Crippen molar-refractivity contribution in [2.24, 2.45) is 0 Å². The normalized spacial score (nSPS) is 18.1. The zero-order valence-electron chi connectivity index (χ0n) is 6.68. The van der Waals surface area contributed by atoms with E-state index in [9.17, 15) is 18.0 Å². The number of benzene rings is 1. The number of ether oxygens (including phenoxy) is 1. The zero-order chi connectivity index (χ0) is 10.3. The van der Waals surface area contributed by atoms with E-state index in [1.165, 1.54) is 0 Å². The van der Waals surface area contributed by atoms with Crippen LogP contribution in [-0.4, -0.2) is 12.0 Å². The number of fused-ring (bicyclic) bond motifs is 1. The summed E-state index contributed by atoms with van der Waals surface area (Å²) in [5.74, 6) is -2.50. The maximum atomic E-state index is 12.6. The summed E-state index contributed by atoms with van der Waals surface area (Å²) in [5.41, 5.74) is -0.0964. The number of carbonyl (C=O) groups excluding carboxylic acids is 1. The largest absolute Gasteiger partial charge is 0.482 e. The highest BCUT2D eigenvalue weighted by Gasteiger charge is 2.46. The molecule has 1 aromatic carbocycles. The Bertz CT molecular complexity index is 406. The molecule has 2 rings (SSSR count). The number of rotatable bonds is 0. The zero-order valence-corrected chi connectivity index (χ0v) is 6.68. The van der Waals surface area contributed by atoms with Gasteiger partial charge in [-0.3, -0.25) is 4.79 Å². The van der Waals surface area contributed by atoms with Gasteiger partial charge in [0, 0.05) is 6.07 Å². The Morgan fingerprint density at radius 1 is 1.36 bits per heavy atom. The van der Waals surface area contributed by atoms with Crippen LogP contribution >= 0.6 is 0 Å². The summed E-state index contributed by atoms with van der Waals surface area (Å²) in [4.78, 5) is 10.7. The Balaban J connectivity index is 2.46. The SMILES string of the molecule is O=C1Nc2cc(F)ccc2OC1(F)F. The Morgan fingerprint density at radius 3 is 2.79 bits per heavy atom. The second-order valence-electron chi connectivity index (χ2n) is 2.71. The van der Waals surface area contributed by atoms with Crippen LogP contribution in [0, 0.1) is 5.82 Å². The number of nitrogens with one attached hydrogen (secondary N) is 1. The van der Waals surface area contributed by atoms with Gasteiger partial charge in [0.05, 0.1) is 5.69 Å². The van der Waals surface area contributed by atoms with Gasteiger partial charge in [0.1, 0.15) is 5.82 Å². The number of alkyl halides is 2. The number of amides is 1. The average Bonchev–Trinajstić information content (AvgIpc) is 2.08. The van der Waals surface area contributed by atoms with Crippen molar-refractivity contribution in [2.45, 2.75) is 6.11 Å². The van der Waals surface area contributed by atoms with Gasteiger partial charge >= 0.3 is 12.0 Å². The van der Waals surface area contributed by atoms with E-state index in [1.807, 2.05) is 5.32 Å². The number of hydrogen-bond donors (Lipinski definition) is 1. The predicted molar refractivity (Wildman–Crippen MR) is 40.6 cm³/mol. The van der Waals surface area contributed by atoms with Gasteiger partial charge in [0.25, 0.3) is 0 Å². The van der Waals surface area contributed by atoms with Gasteiger partial charge in [-0.1, -0.05) is 0 Å². The Kier molecular flexibility index (Phi) is 1.67. The first-order chi connectivity index (χ1) is 6.49. The number of anilines is 1. The molecule has 0 aliphatic carbocycles. The number of halogens is 3. The van der Waals surface area contributed by atoms with Crippen LogP contribution in [0.4, 0.5) is 18.9 Å². The second kappa shape index (κ2) is 2.63. The van der Waals surface area contributed by atoms with Crippen LogP contribution in [0.25, 0.3) is 0 Å². The molecular formula is C8H4F3NO2. The third-order valence-corrected chi connectivity index (χ3v) is 1.69. The van der Waals surface area contributed by atoms with E-state index in [4.69, 9.17) is 0 Å². The summed E-state index contributed by atoms with van der Waals surface area (Å²) in [5, 5.41) is 1.84. The molecule has 0 saturated heterocycles. The van der Waals surface area contributed by atoms with Crippen molar-refractivity contribution >= 4 is 11.6 Å². The molecule has 0 saturated carbocycles. The van der Waals surface area contributed by atoms with Gasteiger partial charge < -0.3 is 10.1 Å². The lowest BCUT2D eigenvalue weighted by atomic mass is 10.2. The van der Waals surface area contributed by atoms with E-state index in [0.717, 1.165) is 18.2 Å². The van der Waals surface area contributed by atoms with Gasteiger partial charge in [0.15, 0.2) is 5.75 Å². The molecule has 1 N–H and O–H groups in total. The summed E-state index contributed by atoms with van der Waals surface area (Å²) < 4.78 is 42.0. The predicted octanol–water partition coefficient (Wildman–Crippen LogP) is 1.75. The summed E-state index contributed by atoms with van der Waals surface area (Å²) in [6.07, 6.45) is -3.90. The van der Waals surface area contributed by atoms with E-state index in [-0.39, 0.29) is 11.4 Å². The fourth-order valence-electron chi connectivity index (χ4n) is 1.07. The van der Waals surface area contributed by atoms with Crippen molar-refractivity contribution in [1.29, 1.82) is 0 Å². The molecule has 1 amide bonds. The lowest BCUT2D eigenvalue weighted by Gasteiger charge is -2.24. The maximum Gasteiger partial charge on any atom is 0.482 e. The fourth-order valence-corrected chi connectivity index (χ4v) is 1.07. The smallest absolute Gasteiger partial charge is 0.423 e. The highest BCUT2D eigenvalue weighted by molar-refractivity contribution is 5.98. The van der Waals surface area contributed by atoms with Crippen LogP contribution in [-0.2, 0) is 4.79 Å². The van der Waals surface area contributed by atoms with E-state index < -0.39 is 17.8 Å². The molecule has 0 fully saturated rings. The number of carbonyl (C=O) groups is 1. The van der Waals surface area contributed by atoms with E-state index >= 15 is 0 Å². The van der Waals surface area contributed by atoms with Gasteiger partial charge in [-0.25, -0.2) is 4.39 Å². The molecule has 1 aromatic rings. The third kappa shape index (κ3) is 1.28. The van der Waals surface area contributed by atoms with Crippen molar-refractivity contribution in [3.63, 3.8) is 0 Å². The lowest BCUT2D eigenvalue weighted by Crippen LogP contribution is -2.43. The first kappa shape index (κ1) is 8.86. The average molecular weight is 203 g/mol. The fraction of sp³-hybridized carbons (Fsp3) is 0.125. The van der Waals surface area contributed by atoms with Gasteiger partial charge in [-0.2, -0.15) is 8.78 Å². The summed E-state index contributed by atoms with van der Waals surface area (Å²) >= 11 is 0. The Labute approximate surface area is 76.5 Å². The van der Waals surface area contributed by atoms with Crippen molar-refractivity contribution in [2.75, 3.05) is 5.32 Å². The van der Waals surface area contributed by atoms with Crippen LogP contribution in [0.3, 0.4) is 0 Å². The molecule has 1 aliphatic heterocycles. The maximum absolute atomic E-state index is 12.6. The topological polar surface area (TPSA) is 38.3 Å². The Hall–Kier alpha value is -1.72. The van der Waals surface area contributed by atoms with Crippen molar-refractivity contribution in [3.05, 3.63) is 24.0 Å². The molecule has 0 unspecified atom stereocenters. The first-order valence-corrected chi connectivity index (χ1v) is 3.67. The minimum absolute atomic E-state index is 0.0964. The Morgan fingerprint density at radius 2 is 2.07 bits per heavy atom. The van der Waals surface area contributed by atoms with Crippen LogP contribution in [0.5, 0.6) is 5.75 Å². The van der Waals surface area contributed by atoms with E-state index in [0.29, 0.717) is 0 Å². The highest BCUT2D eigenvalue weighted by atomic mass is 19.3. The van der Waals surface area contributed by atoms with Crippen LogP contribution in [0.15, 0.2) is 18.2 Å². The van der Waals surface area contributed by atoms with Crippen molar-refractivity contribution in [3.8, 4) is 5.75 Å². The minimum Gasteiger partial charge on any atom is -0.423 e. The molecule has 3 nitrogen and oxygen atoms in total. The standard InChI is InChI=1S/C8H4F3NO2/c9-4-1-2-6-5(3-4)12-7(13)8(10,11)14-6/h1-3H,(H,12,13). The molecule has 0 bridgehead atoms. The molecule has 1 aliphatic rings. The van der Waals surface area contributed by atoms with Gasteiger partial charge in [-0.15, -0.1) is 0 Å². The molecule has 0 aromatic heterocycles. The van der Waals surface area contributed by atoms with Crippen LogP contribution in [0.1, 0.15) is 0 Å². The summed E-state index contributed by atoms with van der Waals surface area (Å²) in [7, 11) is 0. The molecule has 6 heteroatoms. The van der Waals surface area contributed by atoms with Crippen LogP contribution < -0.4 is 10.1 Å². The van der Waals surface area contributed by atoms with E-state index in [2.05, 4.69) is 4.74 Å². The summed E-state index contributed by atoms with van der Waals surface area (Å²) in [6, 6.07) is 2.90. The third-order valence-electron chi connectivity index (χ3n) is 1.69. The highest BCUT2D eigenvalue weighted by Crippen LogP contribution is 2.35. The molecule has 14 heavy (non-hydrogen) atoms. The molecule has 0 radical (unpaired) electrons.